The molecule has 0 saturated carbocycles. The number of carbonyl (C=O) groups is 1. The van der Waals surface area contributed by atoms with Crippen LogP contribution >= 0.6 is 11.3 Å². The topological polar surface area (TPSA) is 89.0 Å². The molecule has 0 fully saturated rings. The summed E-state index contributed by atoms with van der Waals surface area (Å²) in [5.41, 5.74) is 0. The highest BCUT2D eigenvalue weighted by Gasteiger charge is 2.17. The van der Waals surface area contributed by atoms with Gasteiger partial charge in [0.2, 0.25) is 25.2 Å². The van der Waals surface area contributed by atoms with Gasteiger partial charge >= 0.3 is 0 Å². The number of anilines is 1. The molecule has 0 unspecified atom stereocenters. The minimum absolute atomic E-state index is 0.0261. The lowest BCUT2D eigenvalue weighted by Crippen LogP contribution is -2.04. The number of nitrogens with zero attached hydrogens (tertiary/aromatic N) is 2. The number of hydrogen-bond donors (Lipinski definition) is 1. The van der Waals surface area contributed by atoms with E-state index in [1.54, 1.807) is 0 Å². The highest BCUT2D eigenvalue weighted by Crippen LogP contribution is 2.20. The van der Waals surface area contributed by atoms with Crippen molar-refractivity contribution in [2.45, 2.75) is 18.2 Å². The quantitative estimate of drug-likeness (QED) is 0.761. The molecule has 0 aliphatic rings. The van der Waals surface area contributed by atoms with E-state index in [1.165, 1.54) is 13.8 Å². The number of rotatable bonds is 3. The van der Waals surface area contributed by atoms with Crippen LogP contribution in [-0.2, 0) is 14.6 Å². The van der Waals surface area contributed by atoms with Gasteiger partial charge < -0.3 is 5.32 Å². The van der Waals surface area contributed by atoms with Crippen molar-refractivity contribution in [2.24, 2.45) is 0 Å². The Morgan fingerprint density at radius 3 is 2.64 bits per heavy atom. The van der Waals surface area contributed by atoms with Gasteiger partial charge in [0.25, 0.3) is 0 Å². The first-order chi connectivity index (χ1) is 6.45. The maximum absolute atomic E-state index is 11.3. The van der Waals surface area contributed by atoms with Gasteiger partial charge in [-0.25, -0.2) is 8.42 Å². The first-order valence-corrected chi connectivity index (χ1v) is 6.26. The van der Waals surface area contributed by atoms with Crippen LogP contribution in [-0.4, -0.2) is 30.3 Å². The predicted molar refractivity (Wildman–Crippen MR) is 51.9 cm³/mol. The minimum atomic E-state index is -3.32. The fourth-order valence-electron chi connectivity index (χ4n) is 0.660. The largest absolute Gasteiger partial charge is 0.301 e. The molecule has 1 aromatic heterocycles. The zero-order chi connectivity index (χ0) is 10.8. The molecule has 0 spiro atoms. The maximum atomic E-state index is 11.3. The molecule has 14 heavy (non-hydrogen) atoms. The number of nitrogens with one attached hydrogen (secondary N) is 1. The molecule has 8 heteroatoms. The van der Waals surface area contributed by atoms with Gasteiger partial charge in [0, 0.05) is 6.92 Å². The van der Waals surface area contributed by atoms with E-state index in [4.69, 9.17) is 0 Å². The Morgan fingerprint density at radius 1 is 1.50 bits per heavy atom. The molecular weight excluding hydrogens is 226 g/mol. The molecule has 0 aromatic carbocycles. The van der Waals surface area contributed by atoms with Gasteiger partial charge in [0.05, 0.1) is 5.75 Å². The van der Waals surface area contributed by atoms with Crippen LogP contribution in [0, 0.1) is 0 Å². The third-order valence-electron chi connectivity index (χ3n) is 1.34. The molecule has 0 atom stereocenters. The van der Waals surface area contributed by atoms with Crippen molar-refractivity contribution in [3.8, 4) is 0 Å². The summed E-state index contributed by atoms with van der Waals surface area (Å²) in [6, 6.07) is 0. The lowest BCUT2D eigenvalue weighted by Gasteiger charge is -1.92. The summed E-state index contributed by atoms with van der Waals surface area (Å²) in [5, 5.41) is 9.57. The Labute approximate surface area is 85.3 Å². The molecule has 1 aromatic rings. The Hall–Kier alpha value is -1.02. The zero-order valence-electron chi connectivity index (χ0n) is 7.64. The summed E-state index contributed by atoms with van der Waals surface area (Å²) >= 11 is 0.851. The average molecular weight is 235 g/mol. The molecule has 0 radical (unpaired) electrons. The molecule has 1 heterocycles. The fraction of sp³-hybridized carbons (Fsp3) is 0.500. The molecule has 0 aliphatic heterocycles. The maximum Gasteiger partial charge on any atom is 0.234 e. The Morgan fingerprint density at radius 2 is 2.14 bits per heavy atom. The van der Waals surface area contributed by atoms with E-state index in [2.05, 4.69) is 15.5 Å². The van der Waals surface area contributed by atoms with Gasteiger partial charge in [-0.3, -0.25) is 4.79 Å². The van der Waals surface area contributed by atoms with E-state index in [0.29, 0.717) is 0 Å². The van der Waals surface area contributed by atoms with Gasteiger partial charge in [-0.1, -0.05) is 18.3 Å². The van der Waals surface area contributed by atoms with Gasteiger partial charge in [0.15, 0.2) is 0 Å². The first kappa shape index (κ1) is 11.1. The van der Waals surface area contributed by atoms with E-state index >= 15 is 0 Å². The highest BCUT2D eigenvalue weighted by atomic mass is 32.2. The van der Waals surface area contributed by atoms with Crippen molar-refractivity contribution in [2.75, 3.05) is 11.1 Å². The standard InChI is InChI=1S/C6H9N3O3S2/c1-3-14(11,12)6-9-8-5(13-6)7-4(2)10/h3H2,1-2H3,(H,7,8,10). The second kappa shape index (κ2) is 4.01. The number of sulfone groups is 1. The molecule has 0 saturated heterocycles. The van der Waals surface area contributed by atoms with E-state index < -0.39 is 9.84 Å². The summed E-state index contributed by atoms with van der Waals surface area (Å²) in [5.74, 6) is -0.330. The summed E-state index contributed by atoms with van der Waals surface area (Å²) in [6.07, 6.45) is 0. The number of hydrogen-bond acceptors (Lipinski definition) is 6. The third kappa shape index (κ3) is 2.48. The van der Waals surface area contributed by atoms with Crippen LogP contribution in [0.2, 0.25) is 0 Å². The van der Waals surface area contributed by atoms with Gasteiger partial charge in [-0.15, -0.1) is 10.2 Å². The Balaban J connectivity index is 2.94. The van der Waals surface area contributed by atoms with Crippen LogP contribution in [0.25, 0.3) is 0 Å². The molecule has 1 N–H and O–H groups in total. The van der Waals surface area contributed by atoms with Crippen LogP contribution in [0.4, 0.5) is 5.13 Å². The second-order valence-electron chi connectivity index (χ2n) is 2.46. The van der Waals surface area contributed by atoms with Gasteiger partial charge in [0.1, 0.15) is 0 Å². The van der Waals surface area contributed by atoms with Gasteiger partial charge in [-0.05, 0) is 0 Å². The van der Waals surface area contributed by atoms with Crippen LogP contribution in [0.3, 0.4) is 0 Å². The molecule has 1 rings (SSSR count). The van der Waals surface area contributed by atoms with Crippen LogP contribution < -0.4 is 5.32 Å². The monoisotopic (exact) mass is 235 g/mol. The second-order valence-corrected chi connectivity index (χ2v) is 5.89. The van der Waals surface area contributed by atoms with Crippen LogP contribution in [0.5, 0.6) is 0 Å². The molecule has 78 valence electrons. The first-order valence-electron chi connectivity index (χ1n) is 3.79. The lowest BCUT2D eigenvalue weighted by atomic mass is 10.7. The molecule has 6 nitrogen and oxygen atoms in total. The molecular formula is C6H9N3O3S2. The lowest BCUT2D eigenvalue weighted by molar-refractivity contribution is -0.114. The Kier molecular flexibility index (Phi) is 3.17. The molecule has 0 bridgehead atoms. The molecule has 1 amide bonds. The summed E-state index contributed by atoms with van der Waals surface area (Å²) in [6.45, 7) is 2.84. The average Bonchev–Trinajstić information content (AvgIpc) is 2.52. The SMILES string of the molecule is CCS(=O)(=O)c1nnc(NC(C)=O)s1. The number of amides is 1. The van der Waals surface area contributed by atoms with Crippen molar-refractivity contribution < 1.29 is 13.2 Å². The van der Waals surface area contributed by atoms with Crippen molar-refractivity contribution >= 4 is 32.2 Å². The predicted octanol–water partition coefficient (Wildman–Crippen LogP) is 0.290. The summed E-state index contributed by atoms with van der Waals surface area (Å²) in [7, 11) is -3.32. The van der Waals surface area contributed by atoms with E-state index in [0.717, 1.165) is 11.3 Å². The van der Waals surface area contributed by atoms with E-state index in [1.807, 2.05) is 0 Å². The van der Waals surface area contributed by atoms with E-state index in [9.17, 15) is 13.2 Å². The van der Waals surface area contributed by atoms with Gasteiger partial charge in [-0.2, -0.15) is 0 Å². The van der Waals surface area contributed by atoms with Crippen LogP contribution in [0.15, 0.2) is 4.34 Å². The number of carbonyl (C=O) groups excluding carboxylic acids is 1. The van der Waals surface area contributed by atoms with Crippen molar-refractivity contribution in [1.82, 2.24) is 10.2 Å². The van der Waals surface area contributed by atoms with Crippen molar-refractivity contribution in [1.29, 1.82) is 0 Å². The fourth-order valence-corrected chi connectivity index (χ4v) is 2.69. The zero-order valence-corrected chi connectivity index (χ0v) is 9.28. The van der Waals surface area contributed by atoms with Crippen molar-refractivity contribution in [3.05, 3.63) is 0 Å². The van der Waals surface area contributed by atoms with E-state index in [-0.39, 0.29) is 21.1 Å². The normalized spacial score (nSPS) is 11.3. The number of aromatic nitrogens is 2. The summed E-state index contributed by atoms with van der Waals surface area (Å²) < 4.78 is 22.5. The summed E-state index contributed by atoms with van der Waals surface area (Å²) in [4.78, 5) is 10.6. The minimum Gasteiger partial charge on any atom is -0.301 e. The smallest absolute Gasteiger partial charge is 0.234 e. The highest BCUT2D eigenvalue weighted by molar-refractivity contribution is 7.93. The van der Waals surface area contributed by atoms with Crippen molar-refractivity contribution in [3.63, 3.8) is 0 Å². The Bertz CT molecular complexity index is 437. The van der Waals surface area contributed by atoms with Crippen LogP contribution in [0.1, 0.15) is 13.8 Å². The third-order valence-corrected chi connectivity index (χ3v) is 4.35. The molecule has 0 aliphatic carbocycles.